The molecule has 1 atom stereocenters. The smallest absolute Gasteiger partial charge is 0.180 e. The zero-order chi connectivity index (χ0) is 20.3. The normalized spacial score (nSPS) is 14.8. The van der Waals surface area contributed by atoms with Gasteiger partial charge in [0.2, 0.25) is 0 Å². The van der Waals surface area contributed by atoms with Crippen LogP contribution in [0.3, 0.4) is 0 Å². The van der Waals surface area contributed by atoms with E-state index in [4.69, 9.17) is 9.97 Å². The summed E-state index contributed by atoms with van der Waals surface area (Å²) in [6.45, 7) is 6.62. The van der Waals surface area contributed by atoms with E-state index in [1.807, 2.05) is 44.9 Å². The number of anilines is 1. The molecule has 0 saturated carbocycles. The van der Waals surface area contributed by atoms with Crippen molar-refractivity contribution < 1.29 is 10.2 Å². The largest absolute Gasteiger partial charge is 0.396 e. The van der Waals surface area contributed by atoms with Crippen LogP contribution in [0.5, 0.6) is 0 Å². The Bertz CT molecular complexity index is 819. The summed E-state index contributed by atoms with van der Waals surface area (Å²) >= 11 is 0. The SMILES string of the molecule is CN(CC(O)NC(C)(C)C)c1nc(-c2cc(CCO)ccn2)nc2c1CCC2. The van der Waals surface area contributed by atoms with Gasteiger partial charge in [0.05, 0.1) is 6.54 Å². The van der Waals surface area contributed by atoms with Crippen LogP contribution in [0.25, 0.3) is 11.5 Å². The first-order chi connectivity index (χ1) is 13.3. The van der Waals surface area contributed by atoms with Crippen LogP contribution in [0.15, 0.2) is 18.3 Å². The molecule has 0 fully saturated rings. The minimum atomic E-state index is -0.661. The van der Waals surface area contributed by atoms with Gasteiger partial charge < -0.3 is 15.1 Å². The van der Waals surface area contributed by atoms with Gasteiger partial charge in [0.15, 0.2) is 5.82 Å². The Hall–Kier alpha value is -2.09. The number of aromatic nitrogens is 3. The lowest BCUT2D eigenvalue weighted by Crippen LogP contribution is -2.48. The average molecular weight is 386 g/mol. The number of rotatable bonds is 7. The third-order valence-corrected chi connectivity index (χ3v) is 4.77. The summed E-state index contributed by atoms with van der Waals surface area (Å²) < 4.78 is 0. The lowest BCUT2D eigenvalue weighted by Gasteiger charge is -2.29. The molecule has 0 spiro atoms. The molecule has 0 radical (unpaired) electrons. The highest BCUT2D eigenvalue weighted by atomic mass is 16.3. The van der Waals surface area contributed by atoms with Crippen molar-refractivity contribution in [2.75, 3.05) is 25.1 Å². The molecule has 3 rings (SSSR count). The summed E-state index contributed by atoms with van der Waals surface area (Å²) in [5.41, 5.74) is 3.79. The Morgan fingerprint density at radius 2 is 2.04 bits per heavy atom. The Balaban J connectivity index is 1.90. The highest BCUT2D eigenvalue weighted by Crippen LogP contribution is 2.30. The number of hydrogen-bond acceptors (Lipinski definition) is 7. The molecule has 0 amide bonds. The van der Waals surface area contributed by atoms with E-state index in [9.17, 15) is 10.2 Å². The summed E-state index contributed by atoms with van der Waals surface area (Å²) in [5, 5.41) is 22.8. The molecular formula is C21H31N5O2. The van der Waals surface area contributed by atoms with Crippen molar-refractivity contribution in [3.05, 3.63) is 35.2 Å². The predicted octanol–water partition coefficient (Wildman–Crippen LogP) is 1.70. The van der Waals surface area contributed by atoms with Crippen molar-refractivity contribution in [1.82, 2.24) is 20.3 Å². The second-order valence-corrected chi connectivity index (χ2v) is 8.46. The maximum atomic E-state index is 10.4. The number of aliphatic hydroxyl groups is 2. The number of aliphatic hydroxyl groups excluding tert-OH is 2. The number of fused-ring (bicyclic) bond motifs is 1. The quantitative estimate of drug-likeness (QED) is 0.625. The van der Waals surface area contributed by atoms with Crippen LogP contribution in [0.2, 0.25) is 0 Å². The monoisotopic (exact) mass is 385 g/mol. The van der Waals surface area contributed by atoms with Crippen molar-refractivity contribution in [1.29, 1.82) is 0 Å². The van der Waals surface area contributed by atoms with Crippen LogP contribution in [0, 0.1) is 0 Å². The second-order valence-electron chi connectivity index (χ2n) is 8.46. The lowest BCUT2D eigenvalue weighted by molar-refractivity contribution is 0.112. The number of nitrogens with one attached hydrogen (secondary N) is 1. The first kappa shape index (κ1) is 20.6. The van der Waals surface area contributed by atoms with E-state index in [1.165, 1.54) is 5.56 Å². The zero-order valence-corrected chi connectivity index (χ0v) is 17.2. The molecule has 7 heteroatoms. The van der Waals surface area contributed by atoms with E-state index in [0.29, 0.717) is 24.5 Å². The molecule has 2 heterocycles. The van der Waals surface area contributed by atoms with Crippen molar-refractivity contribution in [3.8, 4) is 11.5 Å². The highest BCUT2D eigenvalue weighted by molar-refractivity contribution is 5.59. The molecule has 3 N–H and O–H groups in total. The average Bonchev–Trinajstić information content (AvgIpc) is 3.08. The van der Waals surface area contributed by atoms with Gasteiger partial charge in [-0.1, -0.05) is 0 Å². The van der Waals surface area contributed by atoms with E-state index in [-0.39, 0.29) is 12.1 Å². The molecule has 1 aliphatic rings. The molecule has 2 aromatic rings. The van der Waals surface area contributed by atoms with Gasteiger partial charge in [-0.15, -0.1) is 0 Å². The van der Waals surface area contributed by atoms with Crippen LogP contribution in [-0.4, -0.2) is 57.1 Å². The number of likely N-dealkylation sites (N-methyl/N-ethyl adjacent to an activating group) is 1. The third-order valence-electron chi connectivity index (χ3n) is 4.77. The molecule has 0 aromatic carbocycles. The molecule has 152 valence electrons. The number of pyridine rings is 1. The number of aryl methyl sites for hydroxylation is 1. The van der Waals surface area contributed by atoms with Gasteiger partial charge in [0.25, 0.3) is 0 Å². The van der Waals surface area contributed by atoms with E-state index in [2.05, 4.69) is 10.3 Å². The van der Waals surface area contributed by atoms with E-state index in [1.54, 1.807) is 6.20 Å². The molecule has 7 nitrogen and oxygen atoms in total. The van der Waals surface area contributed by atoms with Crippen LogP contribution < -0.4 is 10.2 Å². The van der Waals surface area contributed by atoms with E-state index >= 15 is 0 Å². The lowest BCUT2D eigenvalue weighted by atomic mass is 10.1. The Kier molecular flexibility index (Phi) is 6.27. The Labute approximate surface area is 166 Å². The number of hydrogen-bond donors (Lipinski definition) is 3. The summed E-state index contributed by atoms with van der Waals surface area (Å²) in [6.07, 6.45) is 4.61. The molecule has 28 heavy (non-hydrogen) atoms. The fourth-order valence-electron chi connectivity index (χ4n) is 3.62. The maximum absolute atomic E-state index is 10.4. The third kappa shape index (κ3) is 5.04. The fraction of sp³-hybridized carbons (Fsp3) is 0.571. The molecule has 1 aliphatic carbocycles. The van der Waals surface area contributed by atoms with Gasteiger partial charge in [-0.3, -0.25) is 10.3 Å². The van der Waals surface area contributed by atoms with Crippen molar-refractivity contribution in [2.24, 2.45) is 0 Å². The fourth-order valence-corrected chi connectivity index (χ4v) is 3.62. The molecule has 0 aliphatic heterocycles. The number of nitrogens with zero attached hydrogens (tertiary/aromatic N) is 4. The molecule has 2 aromatic heterocycles. The van der Waals surface area contributed by atoms with E-state index in [0.717, 1.165) is 36.3 Å². The Morgan fingerprint density at radius 3 is 2.75 bits per heavy atom. The van der Waals surface area contributed by atoms with Gasteiger partial charge in [0.1, 0.15) is 17.7 Å². The van der Waals surface area contributed by atoms with Gasteiger partial charge in [0, 0.05) is 36.6 Å². The highest BCUT2D eigenvalue weighted by Gasteiger charge is 2.24. The van der Waals surface area contributed by atoms with Crippen LogP contribution in [-0.2, 0) is 19.3 Å². The van der Waals surface area contributed by atoms with Gasteiger partial charge in [-0.2, -0.15) is 0 Å². The molecule has 0 bridgehead atoms. The minimum Gasteiger partial charge on any atom is -0.396 e. The summed E-state index contributed by atoms with van der Waals surface area (Å²) in [4.78, 5) is 16.0. The van der Waals surface area contributed by atoms with Crippen molar-refractivity contribution >= 4 is 5.82 Å². The van der Waals surface area contributed by atoms with Crippen LogP contribution in [0.1, 0.15) is 44.0 Å². The molecule has 1 unspecified atom stereocenters. The summed E-state index contributed by atoms with van der Waals surface area (Å²) in [5.74, 6) is 1.46. The minimum absolute atomic E-state index is 0.0984. The zero-order valence-electron chi connectivity index (χ0n) is 17.2. The van der Waals surface area contributed by atoms with Gasteiger partial charge in [-0.05, 0) is 64.2 Å². The first-order valence-corrected chi connectivity index (χ1v) is 9.89. The van der Waals surface area contributed by atoms with Crippen molar-refractivity contribution in [2.45, 2.75) is 58.2 Å². The van der Waals surface area contributed by atoms with E-state index < -0.39 is 6.23 Å². The summed E-state index contributed by atoms with van der Waals surface area (Å²) in [6, 6.07) is 3.83. The molecule has 0 saturated heterocycles. The summed E-state index contributed by atoms with van der Waals surface area (Å²) in [7, 11) is 1.95. The maximum Gasteiger partial charge on any atom is 0.180 e. The predicted molar refractivity (Wildman–Crippen MR) is 110 cm³/mol. The van der Waals surface area contributed by atoms with Crippen LogP contribution >= 0.6 is 0 Å². The first-order valence-electron chi connectivity index (χ1n) is 9.89. The van der Waals surface area contributed by atoms with Gasteiger partial charge in [-0.25, -0.2) is 9.97 Å². The van der Waals surface area contributed by atoms with Gasteiger partial charge >= 0.3 is 0 Å². The van der Waals surface area contributed by atoms with Crippen molar-refractivity contribution in [3.63, 3.8) is 0 Å². The Morgan fingerprint density at radius 1 is 1.25 bits per heavy atom. The second kappa shape index (κ2) is 8.51. The standard InChI is InChI=1S/C21H31N5O2/c1-21(2,3)25-18(28)13-26(4)20-15-6-5-7-16(15)23-19(24-20)17-12-14(9-11-27)8-10-22-17/h8,10,12,18,25,27-28H,5-7,9,11,13H2,1-4H3. The van der Waals surface area contributed by atoms with Crippen LogP contribution in [0.4, 0.5) is 5.82 Å². The topological polar surface area (TPSA) is 94.4 Å². The molecular weight excluding hydrogens is 354 g/mol.